The number of hydrogen-bond acceptors (Lipinski definition) is 7. The quantitative estimate of drug-likeness (QED) is 0.201. The Balaban J connectivity index is 2.97. The van der Waals surface area contributed by atoms with Gasteiger partial charge in [-0.2, -0.15) is 12.6 Å². The van der Waals surface area contributed by atoms with Gasteiger partial charge in [-0.25, -0.2) is 4.79 Å². The molecule has 29 heavy (non-hydrogen) atoms. The second-order valence-corrected chi connectivity index (χ2v) is 6.73. The van der Waals surface area contributed by atoms with Crippen molar-refractivity contribution in [2.45, 2.75) is 37.5 Å². The van der Waals surface area contributed by atoms with Crippen LogP contribution >= 0.6 is 12.6 Å². The second kappa shape index (κ2) is 12.0. The first-order valence-corrected chi connectivity index (χ1v) is 9.48. The van der Waals surface area contributed by atoms with Crippen molar-refractivity contribution in [3.8, 4) is 0 Å². The maximum atomic E-state index is 12.6. The van der Waals surface area contributed by atoms with E-state index in [1.54, 1.807) is 30.3 Å². The first-order chi connectivity index (χ1) is 13.7. The van der Waals surface area contributed by atoms with Crippen LogP contribution in [0.5, 0.6) is 0 Å². The normalized spacial score (nSPS) is 14.8. The minimum atomic E-state index is -1.52. The Morgan fingerprint density at radius 1 is 0.966 bits per heavy atom. The fourth-order valence-electron chi connectivity index (χ4n) is 2.29. The molecule has 0 bridgehead atoms. The van der Waals surface area contributed by atoms with Gasteiger partial charge in [0.2, 0.25) is 17.7 Å². The molecule has 1 aromatic rings. The molecular formula is C18H26N4O6S. The van der Waals surface area contributed by atoms with Crippen molar-refractivity contribution in [3.05, 3.63) is 35.9 Å². The minimum Gasteiger partial charge on any atom is -0.480 e. The van der Waals surface area contributed by atoms with Gasteiger partial charge in [-0.1, -0.05) is 30.3 Å². The highest BCUT2D eigenvalue weighted by Crippen LogP contribution is 2.05. The lowest BCUT2D eigenvalue weighted by molar-refractivity contribution is -0.143. The van der Waals surface area contributed by atoms with Crippen LogP contribution in [0.15, 0.2) is 30.3 Å². The number of carbonyl (C=O) groups excluding carboxylic acids is 3. The van der Waals surface area contributed by atoms with Crippen molar-refractivity contribution in [1.82, 2.24) is 16.0 Å². The topological polar surface area (TPSA) is 171 Å². The van der Waals surface area contributed by atoms with Crippen LogP contribution in [0.4, 0.5) is 0 Å². The summed E-state index contributed by atoms with van der Waals surface area (Å²) in [5.41, 5.74) is 6.19. The second-order valence-electron chi connectivity index (χ2n) is 6.37. The molecule has 0 aliphatic carbocycles. The molecular weight excluding hydrogens is 400 g/mol. The van der Waals surface area contributed by atoms with Crippen LogP contribution in [0.25, 0.3) is 0 Å². The lowest BCUT2D eigenvalue weighted by Crippen LogP contribution is -2.58. The number of amides is 3. The third kappa shape index (κ3) is 8.10. The molecule has 4 atom stereocenters. The van der Waals surface area contributed by atoms with E-state index in [9.17, 15) is 19.2 Å². The van der Waals surface area contributed by atoms with Crippen LogP contribution in [-0.4, -0.2) is 70.4 Å². The average Bonchev–Trinajstić information content (AvgIpc) is 2.69. The zero-order valence-corrected chi connectivity index (χ0v) is 16.8. The molecule has 0 aliphatic heterocycles. The number of benzene rings is 1. The number of thiol groups is 1. The molecule has 0 aliphatic rings. The molecule has 10 nitrogen and oxygen atoms in total. The van der Waals surface area contributed by atoms with E-state index in [4.69, 9.17) is 15.9 Å². The summed E-state index contributed by atoms with van der Waals surface area (Å²) in [7, 11) is 0. The Bertz CT molecular complexity index is 716. The van der Waals surface area contributed by atoms with Crippen LogP contribution in [0.1, 0.15) is 12.5 Å². The van der Waals surface area contributed by atoms with Gasteiger partial charge in [0.25, 0.3) is 0 Å². The van der Waals surface area contributed by atoms with Gasteiger partial charge in [-0.3, -0.25) is 14.4 Å². The van der Waals surface area contributed by atoms with Gasteiger partial charge in [0.05, 0.1) is 12.6 Å². The van der Waals surface area contributed by atoms with Crippen molar-refractivity contribution >= 4 is 36.3 Å². The fourth-order valence-corrected chi connectivity index (χ4v) is 2.54. The zero-order chi connectivity index (χ0) is 22.0. The molecule has 3 amide bonds. The molecule has 11 heteroatoms. The first-order valence-electron chi connectivity index (χ1n) is 8.84. The molecule has 0 radical (unpaired) electrons. The predicted molar refractivity (Wildman–Crippen MR) is 108 cm³/mol. The fraction of sp³-hybridized carbons (Fsp3) is 0.444. The van der Waals surface area contributed by atoms with Crippen LogP contribution in [0.3, 0.4) is 0 Å². The highest BCUT2D eigenvalue weighted by Gasteiger charge is 2.29. The summed E-state index contributed by atoms with van der Waals surface area (Å²) in [6.07, 6.45) is 0.0662. The predicted octanol–water partition coefficient (Wildman–Crippen LogP) is -1.96. The van der Waals surface area contributed by atoms with E-state index in [-0.39, 0.29) is 12.2 Å². The third-order valence-corrected chi connectivity index (χ3v) is 4.31. The van der Waals surface area contributed by atoms with Crippen LogP contribution in [0.2, 0.25) is 0 Å². The van der Waals surface area contributed by atoms with Crippen molar-refractivity contribution in [2.24, 2.45) is 5.73 Å². The number of nitrogens with two attached hydrogens (primary N) is 1. The summed E-state index contributed by atoms with van der Waals surface area (Å²) in [6, 6.07) is 4.21. The first kappa shape index (κ1) is 24.4. The number of aliphatic hydroxyl groups is 1. The number of rotatable bonds is 11. The average molecular weight is 426 g/mol. The van der Waals surface area contributed by atoms with Gasteiger partial charge in [0.1, 0.15) is 18.1 Å². The molecule has 4 unspecified atom stereocenters. The molecule has 160 valence electrons. The van der Waals surface area contributed by atoms with Gasteiger partial charge in [0.15, 0.2) is 0 Å². The zero-order valence-electron chi connectivity index (χ0n) is 15.9. The van der Waals surface area contributed by atoms with Crippen molar-refractivity contribution in [2.75, 3.05) is 12.4 Å². The maximum absolute atomic E-state index is 12.6. The number of aliphatic hydroxyl groups excluding tert-OH is 1. The molecule has 0 aromatic heterocycles. The molecule has 1 aromatic carbocycles. The number of carboxylic acids is 1. The summed E-state index contributed by atoms with van der Waals surface area (Å²) in [5.74, 6) is -3.49. The summed E-state index contributed by atoms with van der Waals surface area (Å²) in [4.78, 5) is 48.0. The van der Waals surface area contributed by atoms with Crippen molar-refractivity contribution in [3.63, 3.8) is 0 Å². The summed E-state index contributed by atoms with van der Waals surface area (Å²) < 4.78 is 0. The smallest absolute Gasteiger partial charge is 0.328 e. The molecule has 7 N–H and O–H groups in total. The van der Waals surface area contributed by atoms with E-state index in [0.29, 0.717) is 5.56 Å². The summed E-state index contributed by atoms with van der Waals surface area (Å²) in [5, 5.41) is 25.2. The maximum Gasteiger partial charge on any atom is 0.328 e. The Hall–Kier alpha value is -2.63. The van der Waals surface area contributed by atoms with Crippen LogP contribution in [0, 0.1) is 0 Å². The van der Waals surface area contributed by atoms with Crippen molar-refractivity contribution in [1.29, 1.82) is 0 Å². The third-order valence-electron chi connectivity index (χ3n) is 3.94. The number of carboxylic acid groups (broad SMARTS) is 1. The SMILES string of the molecule is CC(N)C(=O)NC(CS)C(=O)NC(Cc1ccccc1)C(=O)NC(CO)C(=O)O. The van der Waals surface area contributed by atoms with E-state index in [1.165, 1.54) is 6.92 Å². The molecule has 0 heterocycles. The molecule has 0 spiro atoms. The molecule has 0 saturated heterocycles. The Morgan fingerprint density at radius 3 is 1.97 bits per heavy atom. The minimum absolute atomic E-state index is 0.0433. The molecule has 0 fully saturated rings. The van der Waals surface area contributed by atoms with Gasteiger partial charge in [0, 0.05) is 12.2 Å². The van der Waals surface area contributed by atoms with E-state index in [2.05, 4.69) is 28.6 Å². The monoisotopic (exact) mass is 426 g/mol. The van der Waals surface area contributed by atoms with E-state index in [1.807, 2.05) is 0 Å². The number of nitrogens with one attached hydrogen (secondary N) is 3. The highest BCUT2D eigenvalue weighted by atomic mass is 32.1. The number of aliphatic carboxylic acids is 1. The number of hydrogen-bond donors (Lipinski definition) is 7. The van der Waals surface area contributed by atoms with Crippen LogP contribution in [-0.2, 0) is 25.6 Å². The van der Waals surface area contributed by atoms with Gasteiger partial charge in [-0.05, 0) is 12.5 Å². The largest absolute Gasteiger partial charge is 0.480 e. The molecule has 1 rings (SSSR count). The van der Waals surface area contributed by atoms with E-state index in [0.717, 1.165) is 0 Å². The summed E-state index contributed by atoms with van der Waals surface area (Å²) >= 11 is 4.04. The van der Waals surface area contributed by atoms with E-state index < -0.39 is 54.5 Å². The highest BCUT2D eigenvalue weighted by molar-refractivity contribution is 7.80. The van der Waals surface area contributed by atoms with Crippen LogP contribution < -0.4 is 21.7 Å². The lowest BCUT2D eigenvalue weighted by atomic mass is 10.0. The van der Waals surface area contributed by atoms with Gasteiger partial charge >= 0.3 is 5.97 Å². The Labute approximate surface area is 173 Å². The summed E-state index contributed by atoms with van der Waals surface area (Å²) in [6.45, 7) is 0.645. The Morgan fingerprint density at radius 2 is 1.48 bits per heavy atom. The standard InChI is InChI=1S/C18H26N4O6S/c1-10(19)15(24)22-14(9-29)17(26)20-12(7-11-5-3-2-4-6-11)16(25)21-13(8-23)18(27)28/h2-6,10,12-14,23,29H,7-9,19H2,1H3,(H,20,26)(H,21,25)(H,22,24)(H,27,28). The van der Waals surface area contributed by atoms with Crippen molar-refractivity contribution < 1.29 is 29.4 Å². The number of carbonyl (C=O) groups is 4. The van der Waals surface area contributed by atoms with E-state index >= 15 is 0 Å². The van der Waals surface area contributed by atoms with Gasteiger partial charge < -0.3 is 31.9 Å². The lowest BCUT2D eigenvalue weighted by Gasteiger charge is -2.24. The Kier molecular flexibility index (Phi) is 10.1. The molecule has 0 saturated carbocycles. The van der Waals surface area contributed by atoms with Gasteiger partial charge in [-0.15, -0.1) is 0 Å².